The van der Waals surface area contributed by atoms with Crippen LogP contribution in [0.4, 0.5) is 14.5 Å². The van der Waals surface area contributed by atoms with Crippen LogP contribution in [0.15, 0.2) is 102 Å². The summed E-state index contributed by atoms with van der Waals surface area (Å²) in [6, 6.07) is 22.1. The van der Waals surface area contributed by atoms with Gasteiger partial charge in [-0.15, -0.1) is 0 Å². The van der Waals surface area contributed by atoms with E-state index < -0.39 is 46.1 Å². The molecule has 0 spiro atoms. The minimum Gasteiger partial charge on any atom is -0.493 e. The van der Waals surface area contributed by atoms with E-state index in [9.17, 15) is 22.4 Å². The molecule has 12 heteroatoms. The first-order chi connectivity index (χ1) is 23.0. The quantitative estimate of drug-likeness (QED) is 0.172. The summed E-state index contributed by atoms with van der Waals surface area (Å²) < 4.78 is 69.0. The lowest BCUT2D eigenvalue weighted by molar-refractivity contribution is -0.140. The van der Waals surface area contributed by atoms with Gasteiger partial charge >= 0.3 is 0 Å². The zero-order valence-corrected chi connectivity index (χ0v) is 28.0. The highest BCUT2D eigenvalue weighted by Gasteiger charge is 2.35. The summed E-state index contributed by atoms with van der Waals surface area (Å²) in [7, 11) is -1.75. The van der Waals surface area contributed by atoms with Crippen LogP contribution in [0.2, 0.25) is 0 Å². The van der Waals surface area contributed by atoms with Crippen molar-refractivity contribution < 1.29 is 36.3 Å². The maximum absolute atomic E-state index is 15.1. The number of methoxy groups -OCH3 is 2. The van der Waals surface area contributed by atoms with Gasteiger partial charge in [-0.25, -0.2) is 17.2 Å². The fraction of sp³-hybridized carbons (Fsp3) is 0.278. The number of hydrogen-bond donors (Lipinski definition) is 1. The summed E-state index contributed by atoms with van der Waals surface area (Å²) in [6.45, 7) is 2.61. The first-order valence-corrected chi connectivity index (χ1v) is 16.8. The van der Waals surface area contributed by atoms with E-state index in [1.807, 2.05) is 32.0 Å². The number of benzene rings is 4. The summed E-state index contributed by atoms with van der Waals surface area (Å²) in [6.07, 6.45) is 0.690. The van der Waals surface area contributed by atoms with E-state index >= 15 is 4.39 Å². The number of rotatable bonds is 15. The Bertz CT molecular complexity index is 1810. The van der Waals surface area contributed by atoms with Gasteiger partial charge in [0.25, 0.3) is 10.0 Å². The Kier molecular flexibility index (Phi) is 12.1. The molecule has 0 aliphatic carbocycles. The van der Waals surface area contributed by atoms with E-state index in [4.69, 9.17) is 9.47 Å². The van der Waals surface area contributed by atoms with Crippen molar-refractivity contribution in [2.45, 2.75) is 50.2 Å². The van der Waals surface area contributed by atoms with Crippen LogP contribution in [0.1, 0.15) is 31.4 Å². The second-order valence-electron chi connectivity index (χ2n) is 11.1. The number of amides is 2. The Morgan fingerprint density at radius 1 is 0.854 bits per heavy atom. The van der Waals surface area contributed by atoms with Crippen LogP contribution >= 0.6 is 0 Å². The fourth-order valence-corrected chi connectivity index (χ4v) is 6.48. The molecule has 0 unspecified atom stereocenters. The van der Waals surface area contributed by atoms with E-state index in [1.54, 1.807) is 18.2 Å². The van der Waals surface area contributed by atoms with Crippen molar-refractivity contribution in [2.75, 3.05) is 25.1 Å². The molecule has 2 atom stereocenters. The zero-order chi connectivity index (χ0) is 34.8. The molecule has 2 amide bonds. The van der Waals surface area contributed by atoms with Gasteiger partial charge < -0.3 is 19.7 Å². The third-order valence-electron chi connectivity index (χ3n) is 7.91. The minimum atomic E-state index is -4.51. The maximum atomic E-state index is 15.1. The van der Waals surface area contributed by atoms with Crippen LogP contribution in [0.5, 0.6) is 11.5 Å². The molecule has 48 heavy (non-hydrogen) atoms. The highest BCUT2D eigenvalue weighted by molar-refractivity contribution is 7.92. The summed E-state index contributed by atoms with van der Waals surface area (Å²) >= 11 is 0. The minimum absolute atomic E-state index is 0.00552. The molecule has 0 radical (unpaired) electrons. The van der Waals surface area contributed by atoms with Crippen molar-refractivity contribution in [1.29, 1.82) is 0 Å². The third kappa shape index (κ3) is 8.68. The molecular weight excluding hydrogens is 640 g/mol. The zero-order valence-electron chi connectivity index (χ0n) is 27.2. The molecule has 0 aliphatic heterocycles. The van der Waals surface area contributed by atoms with E-state index in [0.717, 1.165) is 22.0 Å². The van der Waals surface area contributed by atoms with Gasteiger partial charge in [0.1, 0.15) is 24.2 Å². The Balaban J connectivity index is 1.84. The van der Waals surface area contributed by atoms with Gasteiger partial charge in [-0.3, -0.25) is 13.9 Å². The van der Waals surface area contributed by atoms with E-state index in [1.165, 1.54) is 67.7 Å². The molecule has 0 heterocycles. The van der Waals surface area contributed by atoms with Crippen LogP contribution < -0.4 is 19.1 Å². The standard InChI is InChI=1S/C36H39F2N3O6S/c1-5-25(2)39-36(43)32(21-26-11-7-6-8-12-26)40(23-27-13-9-10-14-31(27)38)35(42)24-41(29-17-15-28(37)16-18-29)48(44,45)30-19-20-33(46-3)34(22-30)47-4/h6-20,22,25,32H,5,21,23-24H2,1-4H3,(H,39,43)/t25-,32+/m0/s1. The molecule has 0 aromatic heterocycles. The predicted octanol–water partition coefficient (Wildman–Crippen LogP) is 5.73. The first-order valence-electron chi connectivity index (χ1n) is 15.4. The summed E-state index contributed by atoms with van der Waals surface area (Å²) in [5, 5.41) is 2.93. The smallest absolute Gasteiger partial charge is 0.264 e. The van der Waals surface area contributed by atoms with Gasteiger partial charge in [-0.05, 0) is 61.4 Å². The van der Waals surface area contributed by atoms with E-state index in [2.05, 4.69) is 5.32 Å². The van der Waals surface area contributed by atoms with Crippen molar-refractivity contribution >= 4 is 27.5 Å². The summed E-state index contributed by atoms with van der Waals surface area (Å²) in [4.78, 5) is 29.4. The van der Waals surface area contributed by atoms with Crippen LogP contribution in [0.3, 0.4) is 0 Å². The summed E-state index contributed by atoms with van der Waals surface area (Å²) in [5.74, 6) is -2.05. The molecule has 9 nitrogen and oxygen atoms in total. The molecule has 4 aromatic carbocycles. The lowest BCUT2D eigenvalue weighted by Gasteiger charge is -2.34. The highest BCUT2D eigenvalue weighted by atomic mass is 32.2. The number of nitrogens with one attached hydrogen (secondary N) is 1. The lowest BCUT2D eigenvalue weighted by atomic mass is 10.0. The average Bonchev–Trinajstić information content (AvgIpc) is 3.09. The number of carbonyl (C=O) groups excluding carboxylic acids is 2. The molecule has 0 fully saturated rings. The van der Waals surface area contributed by atoms with Crippen LogP contribution in [0.25, 0.3) is 0 Å². The molecule has 0 aliphatic rings. The van der Waals surface area contributed by atoms with E-state index in [-0.39, 0.29) is 46.7 Å². The molecule has 0 saturated carbocycles. The number of sulfonamides is 1. The topological polar surface area (TPSA) is 105 Å². The van der Waals surface area contributed by atoms with Crippen molar-refractivity contribution in [3.8, 4) is 11.5 Å². The Hall–Kier alpha value is -4.97. The monoisotopic (exact) mass is 679 g/mol. The number of nitrogens with zero attached hydrogens (tertiary/aromatic N) is 2. The SMILES string of the molecule is CC[C@H](C)NC(=O)[C@@H](Cc1ccccc1)N(Cc1ccccc1F)C(=O)CN(c1ccc(F)cc1)S(=O)(=O)c1ccc(OC)c(OC)c1. The van der Waals surface area contributed by atoms with Gasteiger partial charge in [0.05, 0.1) is 24.8 Å². The maximum Gasteiger partial charge on any atom is 0.264 e. The molecule has 4 rings (SSSR count). The number of anilines is 1. The molecule has 0 bridgehead atoms. The van der Waals surface area contributed by atoms with E-state index in [0.29, 0.717) is 6.42 Å². The molecule has 0 saturated heterocycles. The molecule has 4 aromatic rings. The second-order valence-corrected chi connectivity index (χ2v) is 13.0. The van der Waals surface area contributed by atoms with Gasteiger partial charge in [-0.1, -0.05) is 55.5 Å². The summed E-state index contributed by atoms with van der Waals surface area (Å²) in [5.41, 5.74) is 0.867. The van der Waals surface area contributed by atoms with Crippen LogP contribution in [-0.2, 0) is 32.6 Å². The van der Waals surface area contributed by atoms with Gasteiger partial charge in [0, 0.05) is 30.6 Å². The largest absolute Gasteiger partial charge is 0.493 e. The average molecular weight is 680 g/mol. The lowest BCUT2D eigenvalue weighted by Crippen LogP contribution is -2.54. The molecule has 1 N–H and O–H groups in total. The number of halogens is 2. The predicted molar refractivity (Wildman–Crippen MR) is 179 cm³/mol. The van der Waals surface area contributed by atoms with Crippen molar-refractivity contribution in [3.05, 3.63) is 120 Å². The number of carbonyl (C=O) groups is 2. The van der Waals surface area contributed by atoms with Gasteiger partial charge in [0.2, 0.25) is 11.8 Å². The number of hydrogen-bond acceptors (Lipinski definition) is 6. The van der Waals surface area contributed by atoms with Crippen molar-refractivity contribution in [1.82, 2.24) is 10.2 Å². The van der Waals surface area contributed by atoms with Crippen LogP contribution in [0, 0.1) is 11.6 Å². The Morgan fingerprint density at radius 3 is 2.12 bits per heavy atom. The Labute approximate surface area is 280 Å². The number of ether oxygens (including phenoxy) is 2. The van der Waals surface area contributed by atoms with Gasteiger partial charge in [0.15, 0.2) is 11.5 Å². The fourth-order valence-electron chi connectivity index (χ4n) is 5.05. The first kappa shape index (κ1) is 35.9. The molecular formula is C36H39F2N3O6S. The second kappa shape index (κ2) is 16.2. The van der Waals surface area contributed by atoms with Crippen molar-refractivity contribution in [3.63, 3.8) is 0 Å². The van der Waals surface area contributed by atoms with Crippen LogP contribution in [-0.4, -0.2) is 58.0 Å². The Morgan fingerprint density at radius 2 is 1.50 bits per heavy atom. The third-order valence-corrected chi connectivity index (χ3v) is 9.68. The molecule has 254 valence electrons. The van der Waals surface area contributed by atoms with Gasteiger partial charge in [-0.2, -0.15) is 0 Å². The van der Waals surface area contributed by atoms with Crippen molar-refractivity contribution in [2.24, 2.45) is 0 Å². The highest BCUT2D eigenvalue weighted by Crippen LogP contribution is 2.32. The normalized spacial score (nSPS) is 12.5.